The van der Waals surface area contributed by atoms with Gasteiger partial charge in [0.25, 0.3) is 0 Å². The van der Waals surface area contributed by atoms with E-state index in [-0.39, 0.29) is 20.5 Å². The first-order valence-corrected chi connectivity index (χ1v) is 11.3. The van der Waals surface area contributed by atoms with Crippen LogP contribution in [0.1, 0.15) is 51.4 Å². The van der Waals surface area contributed by atoms with Crippen molar-refractivity contribution in [2.45, 2.75) is 60.0 Å². The molecular weight excluding hydrogens is 516 g/mol. The quantitative estimate of drug-likeness (QED) is 0.380. The van der Waals surface area contributed by atoms with Crippen LogP contribution >= 0.6 is 63.7 Å². The van der Waals surface area contributed by atoms with Crippen LogP contribution in [-0.2, 0) is 4.79 Å². The molecule has 0 aromatic carbocycles. The first-order valence-electron chi connectivity index (χ1n) is 7.50. The normalized spacial score (nSPS) is 27.4. The first-order chi connectivity index (χ1) is 9.47. The second kappa shape index (κ2) is 7.44. The van der Waals surface area contributed by atoms with Crippen LogP contribution in [-0.4, -0.2) is 25.1 Å². The molecule has 2 saturated carbocycles. The Kier molecular flexibility index (Phi) is 6.67. The van der Waals surface area contributed by atoms with E-state index in [9.17, 15) is 4.79 Å². The van der Waals surface area contributed by atoms with Gasteiger partial charge in [0.05, 0.1) is 0 Å². The van der Waals surface area contributed by atoms with Gasteiger partial charge in [-0.15, -0.1) is 0 Å². The number of carbonyl (C=O) groups is 1. The number of alkyl halides is 4. The molecule has 2 aliphatic rings. The highest BCUT2D eigenvalue weighted by molar-refractivity contribution is 9.10. The predicted molar refractivity (Wildman–Crippen MR) is 99.8 cm³/mol. The smallest absolute Gasteiger partial charge is 0.143 e. The van der Waals surface area contributed by atoms with Gasteiger partial charge in [-0.25, -0.2) is 0 Å². The summed E-state index contributed by atoms with van der Waals surface area (Å²) in [5.74, 6) is 0.599. The SMILES string of the molecule is O=C(C(CBr)C1(Br)CCCC1)C(CBr)C1(Br)CCCC1. The average Bonchev–Trinajstić information content (AvgIpc) is 3.01. The Morgan fingerprint density at radius 3 is 1.35 bits per heavy atom. The fraction of sp³-hybridized carbons (Fsp3) is 0.933. The molecule has 0 aromatic rings. The topological polar surface area (TPSA) is 17.1 Å². The summed E-state index contributed by atoms with van der Waals surface area (Å²) < 4.78 is 0.0476. The lowest BCUT2D eigenvalue weighted by Gasteiger charge is -2.37. The third-order valence-electron chi connectivity index (χ3n) is 5.11. The number of hydrogen-bond donors (Lipinski definition) is 0. The Hall–Kier alpha value is 1.59. The van der Waals surface area contributed by atoms with Crippen molar-refractivity contribution < 1.29 is 4.79 Å². The number of Topliss-reactive ketones (excluding diaryl/α,β-unsaturated/α-hetero) is 1. The molecule has 116 valence electrons. The lowest BCUT2D eigenvalue weighted by molar-refractivity contribution is -0.127. The minimum atomic E-state index is 0.0238. The standard InChI is InChI=1S/C15H22Br4O/c16-9-11(14(18)5-1-2-6-14)13(20)12(10-17)15(19)7-3-4-8-15/h11-12H,1-10H2. The molecule has 0 aromatic heterocycles. The van der Waals surface area contributed by atoms with Gasteiger partial charge in [-0.05, 0) is 25.7 Å². The van der Waals surface area contributed by atoms with Gasteiger partial charge in [-0.3, -0.25) is 4.79 Å². The molecule has 0 heterocycles. The van der Waals surface area contributed by atoms with Gasteiger partial charge in [-0.2, -0.15) is 0 Å². The third kappa shape index (κ3) is 3.56. The molecule has 2 fully saturated rings. The molecule has 2 rings (SSSR count). The summed E-state index contributed by atoms with van der Waals surface area (Å²) >= 11 is 15.0. The van der Waals surface area contributed by atoms with E-state index >= 15 is 0 Å². The zero-order valence-corrected chi connectivity index (χ0v) is 18.0. The molecular formula is C15H22Br4O. The van der Waals surface area contributed by atoms with Gasteiger partial charge >= 0.3 is 0 Å². The van der Waals surface area contributed by atoms with Crippen molar-refractivity contribution in [3.8, 4) is 0 Å². The predicted octanol–water partition coefficient (Wildman–Crippen LogP) is 5.99. The fourth-order valence-electron chi connectivity index (χ4n) is 3.80. The number of halogens is 4. The maximum Gasteiger partial charge on any atom is 0.143 e. The number of rotatable bonds is 6. The highest BCUT2D eigenvalue weighted by Gasteiger charge is 2.49. The molecule has 1 nitrogen and oxygen atoms in total. The zero-order chi connectivity index (χ0) is 14.8. The molecule has 20 heavy (non-hydrogen) atoms. The summed E-state index contributed by atoms with van der Waals surface area (Å²) in [5.41, 5.74) is 0. The van der Waals surface area contributed by atoms with Gasteiger partial charge < -0.3 is 0 Å². The Morgan fingerprint density at radius 2 is 1.10 bits per heavy atom. The lowest BCUT2D eigenvalue weighted by atomic mass is 9.78. The zero-order valence-electron chi connectivity index (χ0n) is 11.6. The summed E-state index contributed by atoms with van der Waals surface area (Å²) in [6.45, 7) is 0. The maximum atomic E-state index is 13.2. The lowest BCUT2D eigenvalue weighted by Crippen LogP contribution is -2.45. The van der Waals surface area contributed by atoms with Crippen molar-refractivity contribution in [2.24, 2.45) is 11.8 Å². The summed E-state index contributed by atoms with van der Waals surface area (Å²) in [4.78, 5) is 13.2. The van der Waals surface area contributed by atoms with Crippen LogP contribution in [0, 0.1) is 11.8 Å². The van der Waals surface area contributed by atoms with Crippen molar-refractivity contribution in [1.29, 1.82) is 0 Å². The molecule has 5 heteroatoms. The largest absolute Gasteiger partial charge is 0.299 e. The fourth-order valence-corrected chi connectivity index (χ4v) is 8.45. The van der Waals surface area contributed by atoms with Gasteiger partial charge in [0.2, 0.25) is 0 Å². The number of carbonyl (C=O) groups excluding carboxylic acids is 1. The van der Waals surface area contributed by atoms with Crippen LogP contribution < -0.4 is 0 Å². The maximum absolute atomic E-state index is 13.2. The minimum absolute atomic E-state index is 0.0238. The van der Waals surface area contributed by atoms with Crippen molar-refractivity contribution >= 4 is 69.5 Å². The average molecular weight is 538 g/mol. The van der Waals surface area contributed by atoms with E-state index in [2.05, 4.69) is 63.7 Å². The van der Waals surface area contributed by atoms with Crippen molar-refractivity contribution in [3.05, 3.63) is 0 Å². The van der Waals surface area contributed by atoms with Gasteiger partial charge in [-0.1, -0.05) is 89.4 Å². The molecule has 2 aliphatic carbocycles. The Balaban J connectivity index is 2.17. The van der Waals surface area contributed by atoms with Crippen molar-refractivity contribution in [1.82, 2.24) is 0 Å². The van der Waals surface area contributed by atoms with E-state index in [1.165, 1.54) is 25.7 Å². The molecule has 0 radical (unpaired) electrons. The van der Waals surface area contributed by atoms with Crippen LogP contribution in [0.3, 0.4) is 0 Å². The number of hydrogen-bond acceptors (Lipinski definition) is 1. The third-order valence-corrected chi connectivity index (χ3v) is 9.10. The molecule has 0 amide bonds. The van der Waals surface area contributed by atoms with Crippen LogP contribution in [0.5, 0.6) is 0 Å². The molecule has 0 aliphatic heterocycles. The molecule has 2 unspecified atom stereocenters. The number of ketones is 1. The monoisotopic (exact) mass is 534 g/mol. The van der Waals surface area contributed by atoms with E-state index in [0.29, 0.717) is 5.78 Å². The van der Waals surface area contributed by atoms with E-state index in [1.54, 1.807) is 0 Å². The van der Waals surface area contributed by atoms with Gasteiger partial charge in [0, 0.05) is 31.1 Å². The molecule has 0 saturated heterocycles. The molecule has 2 atom stereocenters. The summed E-state index contributed by atoms with van der Waals surface area (Å²) in [6.07, 6.45) is 9.44. The van der Waals surface area contributed by atoms with Crippen molar-refractivity contribution in [3.63, 3.8) is 0 Å². The molecule has 0 N–H and O–H groups in total. The van der Waals surface area contributed by atoms with Crippen molar-refractivity contribution in [2.75, 3.05) is 10.7 Å². The Morgan fingerprint density at radius 1 is 0.800 bits per heavy atom. The van der Waals surface area contributed by atoms with E-state index in [1.807, 2.05) is 0 Å². The van der Waals surface area contributed by atoms with E-state index < -0.39 is 0 Å². The molecule has 0 spiro atoms. The van der Waals surface area contributed by atoms with Gasteiger partial charge in [0.1, 0.15) is 5.78 Å². The minimum Gasteiger partial charge on any atom is -0.299 e. The summed E-state index contributed by atoms with van der Waals surface area (Å²) in [5, 5.41) is 1.54. The highest BCUT2D eigenvalue weighted by Crippen LogP contribution is 2.50. The van der Waals surface area contributed by atoms with Crippen LogP contribution in [0.2, 0.25) is 0 Å². The van der Waals surface area contributed by atoms with Crippen LogP contribution in [0.25, 0.3) is 0 Å². The Labute approximate surface area is 155 Å². The second-order valence-corrected chi connectivity index (χ2v) is 10.8. The summed E-state index contributed by atoms with van der Waals surface area (Å²) in [7, 11) is 0. The van der Waals surface area contributed by atoms with E-state index in [4.69, 9.17) is 0 Å². The van der Waals surface area contributed by atoms with Gasteiger partial charge in [0.15, 0.2) is 0 Å². The van der Waals surface area contributed by atoms with Crippen LogP contribution in [0.15, 0.2) is 0 Å². The first kappa shape index (κ1) is 17.9. The van der Waals surface area contributed by atoms with E-state index in [0.717, 1.165) is 36.3 Å². The Bertz CT molecular complexity index is 314. The second-order valence-electron chi connectivity index (χ2n) is 6.30. The van der Waals surface area contributed by atoms with Crippen LogP contribution in [0.4, 0.5) is 0 Å². The summed E-state index contributed by atoms with van der Waals surface area (Å²) in [6, 6.07) is 0. The molecule has 0 bridgehead atoms. The highest BCUT2D eigenvalue weighted by atomic mass is 79.9.